The van der Waals surface area contributed by atoms with Crippen molar-refractivity contribution in [1.82, 2.24) is 0 Å². The quantitative estimate of drug-likeness (QED) is 0.345. The van der Waals surface area contributed by atoms with Gasteiger partial charge < -0.3 is 9.90 Å². The summed E-state index contributed by atoms with van der Waals surface area (Å²) in [5.41, 5.74) is 0. The third-order valence-electron chi connectivity index (χ3n) is 0. The van der Waals surface area contributed by atoms with E-state index in [4.69, 9.17) is 28.5 Å². The van der Waals surface area contributed by atoms with Crippen LogP contribution in [0.5, 0.6) is 0 Å². The molecule has 0 amide bonds. The van der Waals surface area contributed by atoms with Gasteiger partial charge in [0.15, 0.2) is 0 Å². The van der Waals surface area contributed by atoms with E-state index >= 15 is 0 Å². The monoisotopic (exact) mass is 158 g/mol. The highest BCUT2D eigenvalue weighted by Crippen LogP contribution is 1.49. The van der Waals surface area contributed by atoms with Crippen molar-refractivity contribution >= 4 is 5.97 Å². The van der Waals surface area contributed by atoms with Crippen molar-refractivity contribution < 1.29 is 38.8 Å². The van der Waals surface area contributed by atoms with Crippen LogP contribution < -0.4 is 23.7 Å². The normalized spacial score (nSPS) is 9.44. The number of carboxylic acid groups (broad SMARTS) is 1. The summed E-state index contributed by atoms with van der Waals surface area (Å²) in [6, 6.07) is 0. The van der Waals surface area contributed by atoms with E-state index < -0.39 is 16.2 Å². The minimum absolute atomic E-state index is 0.972. The lowest BCUT2D eigenvalue weighted by molar-refractivity contribution is -2.00. The average Bonchev–Trinajstić information content (AvgIpc) is 1.19. The Morgan fingerprint density at radius 2 is 1.22 bits per heavy atom. The smallest absolute Gasteiger partial charge is 0.0383 e. The van der Waals surface area contributed by atoms with Crippen molar-refractivity contribution in [2.24, 2.45) is 0 Å². The van der Waals surface area contributed by atoms with Crippen molar-refractivity contribution in [2.75, 3.05) is 0 Å². The fourth-order valence-electron chi connectivity index (χ4n) is 0. The summed E-state index contributed by atoms with van der Waals surface area (Å²) >= 11 is 0. The van der Waals surface area contributed by atoms with Crippen molar-refractivity contribution in [3.05, 3.63) is 0 Å². The van der Waals surface area contributed by atoms with Crippen LogP contribution in [0.2, 0.25) is 0 Å². The standard InChI is InChI=1S/C2H4O2.ClHO4/c1-2(3)4;2-1(3,4)5/h1H3,(H,3,4);(H,2,3,4,5)/p-2. The summed E-state index contributed by atoms with van der Waals surface area (Å²) < 4.78 is 34.0. The third kappa shape index (κ3) is 1490. The van der Waals surface area contributed by atoms with E-state index in [1.54, 1.807) is 0 Å². The third-order valence-corrected chi connectivity index (χ3v) is 0. The van der Waals surface area contributed by atoms with Gasteiger partial charge in [-0.25, -0.2) is 18.6 Å². The predicted octanol–water partition coefficient (Wildman–Crippen LogP) is -6.00. The van der Waals surface area contributed by atoms with E-state index in [1.165, 1.54) is 0 Å². The Hall–Kier alpha value is -0.400. The van der Waals surface area contributed by atoms with Crippen LogP contribution in [0.15, 0.2) is 0 Å². The molecular weight excluding hydrogens is 155 g/mol. The Bertz CT molecular complexity index is 73.5. The number of halogens is 1. The molecule has 0 saturated carbocycles. The average molecular weight is 158 g/mol. The van der Waals surface area contributed by atoms with E-state index in [-0.39, 0.29) is 0 Å². The van der Waals surface area contributed by atoms with E-state index in [1.807, 2.05) is 0 Å². The van der Waals surface area contributed by atoms with Gasteiger partial charge in [-0.15, -0.1) is 10.2 Å². The lowest BCUT2D eigenvalue weighted by Gasteiger charge is -2.17. The molecule has 0 saturated heterocycles. The fraction of sp³-hybridized carbons (Fsp3) is 0.500. The van der Waals surface area contributed by atoms with Crippen LogP contribution in [0, 0.1) is 10.2 Å². The van der Waals surface area contributed by atoms with Gasteiger partial charge in [-0.05, 0) is 6.92 Å². The summed E-state index contributed by atoms with van der Waals surface area (Å²) in [7, 11) is -4.94. The highest BCUT2D eigenvalue weighted by atomic mass is 35.7. The van der Waals surface area contributed by atoms with Gasteiger partial charge in [-0.3, -0.25) is 0 Å². The van der Waals surface area contributed by atoms with Crippen LogP contribution in [-0.2, 0) is 4.79 Å². The van der Waals surface area contributed by atoms with E-state index in [2.05, 4.69) is 0 Å². The maximum absolute atomic E-state index is 8.89. The highest BCUT2D eigenvalue weighted by molar-refractivity contribution is 5.60. The fourth-order valence-corrected chi connectivity index (χ4v) is 0. The number of hydrogen-bond donors (Lipinski definition) is 0. The lowest BCUT2D eigenvalue weighted by atomic mass is 10.9. The minimum atomic E-state index is -4.94. The topological polar surface area (TPSA) is 132 Å². The molecule has 0 aromatic rings. The van der Waals surface area contributed by atoms with Crippen LogP contribution in [0.4, 0.5) is 0 Å². The second kappa shape index (κ2) is 4.48. The van der Waals surface area contributed by atoms with Crippen molar-refractivity contribution in [2.45, 2.75) is 6.92 Å². The SMILES string of the molecule is CC(=O)[O-].[O-][Cl+3]([O-])([O-])[O-]. The van der Waals surface area contributed by atoms with Gasteiger partial charge in [0, 0.05) is 5.97 Å². The molecule has 0 unspecified atom stereocenters. The minimum Gasteiger partial charge on any atom is -0.550 e. The van der Waals surface area contributed by atoms with Crippen LogP contribution in [0.3, 0.4) is 0 Å². The maximum atomic E-state index is 8.89. The first-order valence-corrected chi connectivity index (χ1v) is 2.76. The first-order valence-electron chi connectivity index (χ1n) is 1.53. The second-order valence-electron chi connectivity index (χ2n) is 0.870. The molecule has 0 atom stereocenters. The largest absolute Gasteiger partial charge is 0.550 e. The molecule has 0 N–H and O–H groups in total. The molecule has 0 heterocycles. The number of hydrogen-bond acceptors (Lipinski definition) is 6. The molecule has 0 aliphatic carbocycles. The number of carboxylic acids is 1. The molecule has 0 aromatic heterocycles. The molecule has 0 aromatic carbocycles. The predicted molar refractivity (Wildman–Crippen MR) is 10.7 cm³/mol. The first-order chi connectivity index (χ1) is 3.73. The van der Waals surface area contributed by atoms with Gasteiger partial charge in [0.05, 0.1) is 0 Å². The molecule has 0 rings (SSSR count). The number of carbonyl (C=O) groups excluding carboxylic acids is 1. The van der Waals surface area contributed by atoms with Crippen LogP contribution in [0.25, 0.3) is 0 Å². The zero-order valence-corrected chi connectivity index (χ0v) is 5.08. The molecular formula is C2H3ClO6-2. The van der Waals surface area contributed by atoms with Crippen LogP contribution in [0.1, 0.15) is 6.92 Å². The molecule has 0 fully saturated rings. The summed E-state index contributed by atoms with van der Waals surface area (Å²) in [5, 5.41) is 8.89. The lowest BCUT2D eigenvalue weighted by Crippen LogP contribution is -2.68. The Kier molecular flexibility index (Phi) is 5.67. The van der Waals surface area contributed by atoms with Crippen molar-refractivity contribution in [1.29, 1.82) is 0 Å². The molecule has 0 aliphatic rings. The van der Waals surface area contributed by atoms with Gasteiger partial charge >= 0.3 is 0 Å². The van der Waals surface area contributed by atoms with Gasteiger partial charge in [0.1, 0.15) is 0 Å². The summed E-state index contributed by atoms with van der Waals surface area (Å²) in [5.74, 6) is -1.08. The van der Waals surface area contributed by atoms with E-state index in [0.717, 1.165) is 6.92 Å². The summed E-state index contributed by atoms with van der Waals surface area (Å²) in [6.07, 6.45) is 0. The zero-order chi connectivity index (χ0) is 8.08. The molecule has 0 radical (unpaired) electrons. The first kappa shape index (κ1) is 11.4. The van der Waals surface area contributed by atoms with Gasteiger partial charge in [0.2, 0.25) is 0 Å². The molecule has 6 nitrogen and oxygen atoms in total. The number of carbonyl (C=O) groups is 1. The van der Waals surface area contributed by atoms with Gasteiger partial charge in [-0.1, -0.05) is 0 Å². The molecule has 0 bridgehead atoms. The molecule has 0 spiro atoms. The number of aliphatic carboxylic acids is 1. The summed E-state index contributed by atoms with van der Waals surface area (Å²) in [4.78, 5) is 8.89. The second-order valence-corrected chi connectivity index (χ2v) is 1.63. The summed E-state index contributed by atoms with van der Waals surface area (Å²) in [6.45, 7) is 0.972. The van der Waals surface area contributed by atoms with E-state index in [0.29, 0.717) is 0 Å². The van der Waals surface area contributed by atoms with E-state index in [9.17, 15) is 0 Å². The van der Waals surface area contributed by atoms with Crippen LogP contribution in [-0.4, -0.2) is 5.97 Å². The number of rotatable bonds is 0. The maximum Gasteiger partial charge on any atom is 0.0383 e. The molecule has 7 heteroatoms. The Morgan fingerprint density at radius 3 is 1.22 bits per heavy atom. The molecule has 9 heavy (non-hydrogen) atoms. The van der Waals surface area contributed by atoms with Gasteiger partial charge in [0.25, 0.3) is 0 Å². The highest BCUT2D eigenvalue weighted by Gasteiger charge is 1.84. The Balaban J connectivity index is 0. The Labute approximate surface area is 52.7 Å². The van der Waals surface area contributed by atoms with Crippen LogP contribution >= 0.6 is 0 Å². The van der Waals surface area contributed by atoms with Gasteiger partial charge in [-0.2, -0.15) is 0 Å². The van der Waals surface area contributed by atoms with Crippen molar-refractivity contribution in [3.8, 4) is 0 Å². The zero-order valence-electron chi connectivity index (χ0n) is 4.33. The molecule has 0 aliphatic heterocycles. The van der Waals surface area contributed by atoms with Crippen molar-refractivity contribution in [3.63, 3.8) is 0 Å². The molecule has 56 valence electrons. The Morgan fingerprint density at radius 1 is 1.22 bits per heavy atom.